The van der Waals surface area contributed by atoms with Crippen molar-refractivity contribution in [3.8, 4) is 5.75 Å². The van der Waals surface area contributed by atoms with E-state index in [1.807, 2.05) is 25.1 Å². The van der Waals surface area contributed by atoms with E-state index in [1.165, 1.54) is 12.8 Å². The van der Waals surface area contributed by atoms with Crippen LogP contribution in [-0.2, 0) is 0 Å². The lowest BCUT2D eigenvalue weighted by molar-refractivity contribution is 0.160. The van der Waals surface area contributed by atoms with E-state index in [2.05, 4.69) is 11.9 Å². The number of ether oxygens (including phenoxy) is 1. The lowest BCUT2D eigenvalue weighted by Gasteiger charge is -2.28. The lowest BCUT2D eigenvalue weighted by atomic mass is 9.98. The topological polar surface area (TPSA) is 42.7 Å². The number of hydrogen-bond donors (Lipinski definition) is 0. The van der Waals surface area contributed by atoms with E-state index in [0.29, 0.717) is 17.1 Å². The van der Waals surface area contributed by atoms with E-state index < -0.39 is 0 Å². The van der Waals surface area contributed by atoms with Crippen LogP contribution in [0.4, 0.5) is 0 Å². The molecule has 0 spiro atoms. The standard InChI is InChI=1S/C18H23NO3.ClH/c1-12-13(2)18(20)22-17-10-15(4-5-16(12)17)21-11-14-6-8-19(3)9-7-14;/h4-5,10,14H,6-9,11H2,1-3H3;1H. The third kappa shape index (κ3) is 3.88. The number of fused-ring (bicyclic) bond motifs is 1. The van der Waals surface area contributed by atoms with E-state index in [9.17, 15) is 4.79 Å². The molecule has 1 aliphatic heterocycles. The molecule has 0 radical (unpaired) electrons. The van der Waals surface area contributed by atoms with Crippen molar-refractivity contribution in [1.29, 1.82) is 0 Å². The van der Waals surface area contributed by atoms with E-state index in [0.717, 1.165) is 36.4 Å². The van der Waals surface area contributed by atoms with Crippen molar-refractivity contribution < 1.29 is 9.15 Å². The smallest absolute Gasteiger partial charge is 0.339 e. The van der Waals surface area contributed by atoms with E-state index in [1.54, 1.807) is 6.92 Å². The molecule has 1 aromatic carbocycles. The van der Waals surface area contributed by atoms with Gasteiger partial charge < -0.3 is 14.1 Å². The van der Waals surface area contributed by atoms with Crippen LogP contribution >= 0.6 is 12.4 Å². The minimum atomic E-state index is -0.266. The summed E-state index contributed by atoms with van der Waals surface area (Å²) in [6.45, 7) is 6.76. The molecule has 0 N–H and O–H groups in total. The predicted octanol–water partition coefficient (Wildman–Crippen LogP) is 3.55. The molecule has 0 amide bonds. The van der Waals surface area contributed by atoms with Gasteiger partial charge in [-0.2, -0.15) is 0 Å². The molecule has 1 aliphatic rings. The van der Waals surface area contributed by atoms with Crippen molar-refractivity contribution in [3.63, 3.8) is 0 Å². The van der Waals surface area contributed by atoms with E-state index in [4.69, 9.17) is 9.15 Å². The van der Waals surface area contributed by atoms with Gasteiger partial charge >= 0.3 is 5.63 Å². The highest BCUT2D eigenvalue weighted by atomic mass is 35.5. The van der Waals surface area contributed by atoms with Gasteiger partial charge in [0.2, 0.25) is 0 Å². The van der Waals surface area contributed by atoms with Crippen LogP contribution in [0.2, 0.25) is 0 Å². The Morgan fingerprint density at radius 2 is 1.91 bits per heavy atom. The van der Waals surface area contributed by atoms with Crippen LogP contribution in [0.5, 0.6) is 5.75 Å². The minimum Gasteiger partial charge on any atom is -0.493 e. The first-order chi connectivity index (χ1) is 10.5. The molecule has 0 atom stereocenters. The number of benzene rings is 1. The van der Waals surface area contributed by atoms with Crippen LogP contribution in [0.25, 0.3) is 11.0 Å². The summed E-state index contributed by atoms with van der Waals surface area (Å²) in [7, 11) is 2.16. The van der Waals surface area contributed by atoms with Crippen molar-refractivity contribution in [2.45, 2.75) is 26.7 Å². The molecule has 0 unspecified atom stereocenters. The fraction of sp³-hybridized carbons (Fsp3) is 0.500. The molecule has 0 saturated carbocycles. The zero-order valence-electron chi connectivity index (χ0n) is 13.9. The highest BCUT2D eigenvalue weighted by Crippen LogP contribution is 2.25. The summed E-state index contributed by atoms with van der Waals surface area (Å²) in [4.78, 5) is 14.1. The largest absolute Gasteiger partial charge is 0.493 e. The van der Waals surface area contributed by atoms with Crippen molar-refractivity contribution >= 4 is 23.4 Å². The molecule has 3 rings (SSSR count). The second-order valence-corrected chi connectivity index (χ2v) is 6.36. The first-order valence-corrected chi connectivity index (χ1v) is 7.90. The van der Waals surface area contributed by atoms with Gasteiger partial charge in [-0.1, -0.05) is 0 Å². The van der Waals surface area contributed by atoms with Gasteiger partial charge in [-0.05, 0) is 70.4 Å². The number of rotatable bonds is 3. The third-order valence-corrected chi connectivity index (χ3v) is 4.75. The van der Waals surface area contributed by atoms with Crippen LogP contribution in [0.15, 0.2) is 27.4 Å². The molecular formula is C18H24ClNO3. The molecule has 4 nitrogen and oxygen atoms in total. The second-order valence-electron chi connectivity index (χ2n) is 6.36. The molecule has 0 aliphatic carbocycles. The zero-order chi connectivity index (χ0) is 15.7. The first kappa shape index (κ1) is 17.8. The van der Waals surface area contributed by atoms with Gasteiger partial charge in [0, 0.05) is 17.0 Å². The average Bonchev–Trinajstić information content (AvgIpc) is 2.52. The number of halogens is 1. The van der Waals surface area contributed by atoms with Crippen molar-refractivity contribution in [2.24, 2.45) is 5.92 Å². The van der Waals surface area contributed by atoms with Gasteiger partial charge in [0.1, 0.15) is 11.3 Å². The first-order valence-electron chi connectivity index (χ1n) is 7.90. The molecule has 126 valence electrons. The molecule has 1 aromatic heterocycles. The molecule has 1 saturated heterocycles. The second kappa shape index (κ2) is 7.37. The lowest BCUT2D eigenvalue weighted by Crippen LogP contribution is -2.32. The molecule has 1 fully saturated rings. The van der Waals surface area contributed by atoms with Crippen molar-refractivity contribution in [3.05, 3.63) is 39.7 Å². The molecule has 0 bridgehead atoms. The van der Waals surface area contributed by atoms with E-state index >= 15 is 0 Å². The third-order valence-electron chi connectivity index (χ3n) is 4.75. The SMILES string of the molecule is Cc1c(C)c2ccc(OCC3CCN(C)CC3)cc2oc1=O.Cl. The minimum absolute atomic E-state index is 0. The van der Waals surface area contributed by atoms with Gasteiger partial charge in [-0.25, -0.2) is 4.79 Å². The average molecular weight is 338 g/mol. The number of nitrogens with zero attached hydrogens (tertiary/aromatic N) is 1. The normalized spacial score (nSPS) is 16.3. The Labute approximate surface area is 142 Å². The number of hydrogen-bond acceptors (Lipinski definition) is 4. The van der Waals surface area contributed by atoms with Crippen LogP contribution in [0, 0.1) is 19.8 Å². The molecule has 23 heavy (non-hydrogen) atoms. The van der Waals surface area contributed by atoms with Crippen LogP contribution < -0.4 is 10.4 Å². The summed E-state index contributed by atoms with van der Waals surface area (Å²) in [5.74, 6) is 1.39. The summed E-state index contributed by atoms with van der Waals surface area (Å²) in [6.07, 6.45) is 2.36. The Hall–Kier alpha value is -1.52. The van der Waals surface area contributed by atoms with Crippen molar-refractivity contribution in [2.75, 3.05) is 26.7 Å². The van der Waals surface area contributed by atoms with Gasteiger partial charge in [-0.3, -0.25) is 0 Å². The Bertz CT molecular complexity index is 733. The Morgan fingerprint density at radius 3 is 2.61 bits per heavy atom. The Morgan fingerprint density at radius 1 is 1.22 bits per heavy atom. The molecule has 2 heterocycles. The fourth-order valence-corrected chi connectivity index (χ4v) is 2.96. The molecular weight excluding hydrogens is 314 g/mol. The number of piperidine rings is 1. The van der Waals surface area contributed by atoms with Crippen LogP contribution in [0.1, 0.15) is 24.0 Å². The van der Waals surface area contributed by atoms with Gasteiger partial charge in [0.25, 0.3) is 0 Å². The van der Waals surface area contributed by atoms with Crippen LogP contribution in [-0.4, -0.2) is 31.6 Å². The molecule has 2 aromatic rings. The quantitative estimate of drug-likeness (QED) is 0.803. The number of aryl methyl sites for hydroxylation is 1. The summed E-state index contributed by atoms with van der Waals surface area (Å²) in [5.41, 5.74) is 1.99. The van der Waals surface area contributed by atoms with Crippen molar-refractivity contribution in [1.82, 2.24) is 4.90 Å². The highest BCUT2D eigenvalue weighted by Gasteiger charge is 2.17. The van der Waals surface area contributed by atoms with Crippen LogP contribution in [0.3, 0.4) is 0 Å². The highest BCUT2D eigenvalue weighted by molar-refractivity contribution is 5.85. The predicted molar refractivity (Wildman–Crippen MR) is 94.9 cm³/mol. The Kier molecular flexibility index (Phi) is 5.71. The van der Waals surface area contributed by atoms with Gasteiger partial charge in [0.05, 0.1) is 6.61 Å². The van der Waals surface area contributed by atoms with E-state index in [-0.39, 0.29) is 18.0 Å². The summed E-state index contributed by atoms with van der Waals surface area (Å²) < 4.78 is 11.3. The Balaban J connectivity index is 0.00000192. The monoisotopic (exact) mass is 337 g/mol. The summed E-state index contributed by atoms with van der Waals surface area (Å²) >= 11 is 0. The van der Waals surface area contributed by atoms with Gasteiger partial charge in [-0.15, -0.1) is 12.4 Å². The number of likely N-dealkylation sites (tertiary alicyclic amines) is 1. The maximum Gasteiger partial charge on any atom is 0.339 e. The summed E-state index contributed by atoms with van der Waals surface area (Å²) in [6, 6.07) is 5.77. The van der Waals surface area contributed by atoms with Gasteiger partial charge in [0.15, 0.2) is 0 Å². The fourth-order valence-electron chi connectivity index (χ4n) is 2.96. The molecule has 5 heteroatoms. The maximum atomic E-state index is 11.8. The maximum absolute atomic E-state index is 11.8. The summed E-state index contributed by atoms with van der Waals surface area (Å²) in [5, 5.41) is 0.976. The zero-order valence-corrected chi connectivity index (χ0v) is 14.7.